The van der Waals surface area contributed by atoms with E-state index in [-0.39, 0.29) is 0 Å². The Kier molecular flexibility index (Phi) is 2.41. The van der Waals surface area contributed by atoms with E-state index in [2.05, 4.69) is 0 Å². The Labute approximate surface area is 79.1 Å². The average molecular weight is 217 g/mol. The molecule has 0 aliphatic heterocycles. The molecule has 1 aromatic rings. The van der Waals surface area contributed by atoms with E-state index in [0.717, 1.165) is 12.1 Å². The van der Waals surface area contributed by atoms with Gasteiger partial charge in [0.05, 0.1) is 10.6 Å². The Morgan fingerprint density at radius 3 is 2.43 bits per heavy atom. The Morgan fingerprint density at radius 2 is 2.00 bits per heavy atom. The summed E-state index contributed by atoms with van der Waals surface area (Å²) in [6.07, 6.45) is 0. The largest absolute Gasteiger partial charge is 0.299 e. The molecule has 1 rings (SSSR count). The number of non-ortho nitro benzene ring substituents is 1. The van der Waals surface area contributed by atoms with E-state index in [4.69, 9.17) is 10.3 Å². The summed E-state index contributed by atoms with van der Waals surface area (Å²) in [5.74, 6) is 0. The predicted octanol–water partition coefficient (Wildman–Crippen LogP) is 0.756. The van der Waals surface area contributed by atoms with E-state index in [1.807, 2.05) is 0 Å². The zero-order valence-corrected chi connectivity index (χ0v) is 7.48. The van der Waals surface area contributed by atoms with Crippen molar-refractivity contribution in [2.24, 2.45) is 0 Å². The molecule has 0 saturated carbocycles. The van der Waals surface area contributed by atoms with Crippen molar-refractivity contribution in [1.29, 1.82) is 0 Å². The maximum Gasteiger partial charge on any atom is 0.296 e. The number of benzene rings is 1. The molecule has 0 fully saturated rings. The van der Waals surface area contributed by atoms with Gasteiger partial charge in [-0.2, -0.15) is 8.42 Å². The van der Waals surface area contributed by atoms with E-state index >= 15 is 0 Å². The van der Waals surface area contributed by atoms with Gasteiger partial charge in [0.25, 0.3) is 15.8 Å². The number of nitrogens with one attached hydrogen (secondary N) is 1. The molecule has 1 aromatic carbocycles. The van der Waals surface area contributed by atoms with Crippen molar-refractivity contribution in [2.45, 2.75) is 4.90 Å². The van der Waals surface area contributed by atoms with Gasteiger partial charge >= 0.3 is 0 Å². The van der Waals surface area contributed by atoms with Gasteiger partial charge in [0.1, 0.15) is 4.90 Å². The normalized spacial score (nSPS) is 11.2. The summed E-state index contributed by atoms with van der Waals surface area (Å²) in [7, 11) is -4.58. The van der Waals surface area contributed by atoms with E-state index in [9.17, 15) is 18.5 Å². The summed E-state index contributed by atoms with van der Waals surface area (Å²) >= 11 is 0. The first kappa shape index (κ1) is 10.4. The number of hydrogen-bond donors (Lipinski definition) is 1. The van der Waals surface area contributed by atoms with Crippen LogP contribution in [0.1, 0.15) is 0 Å². The Morgan fingerprint density at radius 1 is 1.43 bits per heavy atom. The molecule has 0 bridgehead atoms. The van der Waals surface area contributed by atoms with Crippen LogP contribution in [0.15, 0.2) is 23.1 Å². The minimum Gasteiger partial charge on any atom is -0.299 e. The summed E-state index contributed by atoms with van der Waals surface area (Å²) in [5, 5.41) is 10.3. The van der Waals surface area contributed by atoms with E-state index in [1.54, 1.807) is 0 Å². The summed E-state index contributed by atoms with van der Waals surface area (Å²) in [5.41, 5.74) is 6.12. The highest BCUT2D eigenvalue weighted by molar-refractivity contribution is 7.86. The summed E-state index contributed by atoms with van der Waals surface area (Å²) in [6.45, 7) is 0. The van der Waals surface area contributed by atoms with Crippen LogP contribution in [0.2, 0.25) is 0 Å². The molecule has 2 N–H and O–H groups in total. The second kappa shape index (κ2) is 3.24. The fraction of sp³-hybridized carbons (Fsp3) is 0. The Hall–Kier alpha value is -1.67. The predicted molar refractivity (Wildman–Crippen MR) is 45.7 cm³/mol. The third-order valence-electron chi connectivity index (χ3n) is 1.45. The number of rotatable bonds is 2. The molecule has 8 heteroatoms. The van der Waals surface area contributed by atoms with Crippen molar-refractivity contribution >= 4 is 21.5 Å². The van der Waals surface area contributed by atoms with Crippen molar-refractivity contribution in [1.82, 2.24) is 5.73 Å². The molecule has 1 radical (unpaired) electrons. The van der Waals surface area contributed by atoms with Gasteiger partial charge in [-0.05, 0) is 6.07 Å². The fourth-order valence-electron chi connectivity index (χ4n) is 0.838. The van der Waals surface area contributed by atoms with Gasteiger partial charge in [-0.1, -0.05) is 0 Å². The molecule has 0 heterocycles. The van der Waals surface area contributed by atoms with E-state index < -0.39 is 31.3 Å². The van der Waals surface area contributed by atoms with Gasteiger partial charge in [0.15, 0.2) is 0 Å². The lowest BCUT2D eigenvalue weighted by Gasteiger charge is -1.99. The van der Waals surface area contributed by atoms with Crippen molar-refractivity contribution < 1.29 is 17.9 Å². The van der Waals surface area contributed by atoms with Crippen molar-refractivity contribution in [3.63, 3.8) is 0 Å². The number of nitro benzene ring substituents is 1. The minimum atomic E-state index is -4.58. The van der Waals surface area contributed by atoms with Crippen LogP contribution in [-0.2, 0) is 10.1 Å². The molecule has 0 aliphatic rings. The van der Waals surface area contributed by atoms with Crippen LogP contribution >= 0.6 is 0 Å². The van der Waals surface area contributed by atoms with Crippen LogP contribution in [-0.4, -0.2) is 17.9 Å². The first-order valence-corrected chi connectivity index (χ1v) is 4.74. The van der Waals surface area contributed by atoms with Crippen LogP contribution in [0.4, 0.5) is 11.4 Å². The SMILES string of the molecule is [NH]c1ccc([N+](=O)[O-])cc1S(=O)(=O)O. The molecule has 0 aromatic heterocycles. The van der Waals surface area contributed by atoms with Crippen molar-refractivity contribution in [2.75, 3.05) is 0 Å². The minimum absolute atomic E-state index is 0.488. The molecule has 0 spiro atoms. The monoisotopic (exact) mass is 217 g/mol. The highest BCUT2D eigenvalue weighted by Gasteiger charge is 2.18. The van der Waals surface area contributed by atoms with Gasteiger partial charge in [0, 0.05) is 12.1 Å². The van der Waals surface area contributed by atoms with Gasteiger partial charge in [-0.25, -0.2) is 0 Å². The molecular formula is C6H5N2O5S. The highest BCUT2D eigenvalue weighted by Crippen LogP contribution is 2.24. The molecule has 0 saturated heterocycles. The topological polar surface area (TPSA) is 121 Å². The zero-order chi connectivity index (χ0) is 10.9. The van der Waals surface area contributed by atoms with Gasteiger partial charge < -0.3 is 0 Å². The van der Waals surface area contributed by atoms with E-state index in [0.29, 0.717) is 6.07 Å². The highest BCUT2D eigenvalue weighted by atomic mass is 32.2. The number of hydrogen-bond acceptors (Lipinski definition) is 4. The molecule has 14 heavy (non-hydrogen) atoms. The second-order valence-corrected chi connectivity index (χ2v) is 3.80. The molecule has 75 valence electrons. The number of nitrogens with zero attached hydrogens (tertiary/aromatic N) is 1. The van der Waals surface area contributed by atoms with Crippen LogP contribution in [0.5, 0.6) is 0 Å². The molecule has 7 nitrogen and oxygen atoms in total. The average Bonchev–Trinajstić information content (AvgIpc) is 2.02. The Bertz CT molecular complexity index is 481. The smallest absolute Gasteiger partial charge is 0.296 e. The maximum absolute atomic E-state index is 10.6. The van der Waals surface area contributed by atoms with Gasteiger partial charge in [-0.15, -0.1) is 0 Å². The second-order valence-electron chi connectivity index (χ2n) is 2.41. The Balaban J connectivity index is 3.44. The van der Waals surface area contributed by atoms with Crippen LogP contribution in [0, 0.1) is 10.1 Å². The summed E-state index contributed by atoms with van der Waals surface area (Å²) in [6, 6.07) is 2.55. The first-order valence-electron chi connectivity index (χ1n) is 3.30. The first-order chi connectivity index (χ1) is 6.32. The van der Waals surface area contributed by atoms with Crippen LogP contribution in [0.25, 0.3) is 0 Å². The standard InChI is InChI=1S/C6H5N2O5S/c7-5-2-1-4(8(9)10)3-6(5)14(11,12)13/h1-3,7H,(H,11,12,13). The van der Waals surface area contributed by atoms with E-state index in [1.165, 1.54) is 0 Å². The van der Waals surface area contributed by atoms with Crippen LogP contribution < -0.4 is 5.73 Å². The number of nitro groups is 1. The zero-order valence-electron chi connectivity index (χ0n) is 6.67. The molecular weight excluding hydrogens is 212 g/mol. The summed E-state index contributed by atoms with van der Waals surface area (Å²) in [4.78, 5) is 8.68. The molecule has 0 unspecified atom stereocenters. The van der Waals surface area contributed by atoms with Crippen molar-refractivity contribution in [3.8, 4) is 0 Å². The third-order valence-corrected chi connectivity index (χ3v) is 2.35. The van der Waals surface area contributed by atoms with Gasteiger partial charge in [0.2, 0.25) is 0 Å². The van der Waals surface area contributed by atoms with Crippen LogP contribution in [0.3, 0.4) is 0 Å². The van der Waals surface area contributed by atoms with Crippen molar-refractivity contribution in [3.05, 3.63) is 28.3 Å². The lowest BCUT2D eigenvalue weighted by molar-refractivity contribution is -0.385. The quantitative estimate of drug-likeness (QED) is 0.445. The third kappa shape index (κ3) is 1.98. The molecule has 0 amide bonds. The maximum atomic E-state index is 10.6. The van der Waals surface area contributed by atoms with Gasteiger partial charge in [-0.3, -0.25) is 20.4 Å². The fourth-order valence-corrected chi connectivity index (χ4v) is 1.45. The lowest BCUT2D eigenvalue weighted by atomic mass is 10.3. The summed E-state index contributed by atoms with van der Waals surface area (Å²) < 4.78 is 29.9. The molecule has 0 aliphatic carbocycles. The lowest BCUT2D eigenvalue weighted by Crippen LogP contribution is -2.00. The molecule has 0 atom stereocenters.